The Morgan fingerprint density at radius 3 is 3.00 bits per heavy atom. The van der Waals surface area contributed by atoms with Crippen molar-refractivity contribution in [3.05, 3.63) is 23.8 Å². The average molecular weight is 209 g/mol. The van der Waals surface area contributed by atoms with Crippen LogP contribution in [0.4, 0.5) is 0 Å². The Kier molecular flexibility index (Phi) is 3.05. The minimum absolute atomic E-state index is 0.318. The molecule has 0 bridgehead atoms. The summed E-state index contributed by atoms with van der Waals surface area (Å²) in [7, 11) is 1.99. The van der Waals surface area contributed by atoms with Gasteiger partial charge in [0.15, 0.2) is 11.5 Å². The van der Waals surface area contributed by atoms with Crippen molar-refractivity contribution in [3.8, 4) is 11.5 Å². The van der Waals surface area contributed by atoms with E-state index in [1.165, 1.54) is 5.56 Å². The van der Waals surface area contributed by atoms with Crippen LogP contribution in [0.3, 0.4) is 0 Å². The van der Waals surface area contributed by atoms with Gasteiger partial charge in [0.05, 0.1) is 6.67 Å². The first-order valence-electron chi connectivity index (χ1n) is 4.80. The van der Waals surface area contributed by atoms with E-state index < -0.39 is 0 Å². The molecule has 0 aliphatic carbocycles. The molecule has 82 valence electrons. The second kappa shape index (κ2) is 4.48. The molecule has 3 N–H and O–H groups in total. The molecule has 2 rings (SSSR count). The maximum Gasteiger partial charge on any atom is 0.231 e. The molecule has 0 amide bonds. The summed E-state index contributed by atoms with van der Waals surface area (Å²) < 4.78 is 10.5. The number of nitrogens with zero attached hydrogens (tertiary/aromatic N) is 1. The van der Waals surface area contributed by atoms with E-state index >= 15 is 0 Å². The number of rotatable bonds is 4. The van der Waals surface area contributed by atoms with Gasteiger partial charge in [-0.3, -0.25) is 10.7 Å². The van der Waals surface area contributed by atoms with Gasteiger partial charge in [-0.2, -0.15) is 0 Å². The number of hydrogen-bond acceptors (Lipinski definition) is 5. The van der Waals surface area contributed by atoms with E-state index in [1.54, 1.807) is 0 Å². The van der Waals surface area contributed by atoms with Crippen LogP contribution >= 0.6 is 0 Å². The summed E-state index contributed by atoms with van der Waals surface area (Å²) in [5.41, 5.74) is 3.79. The van der Waals surface area contributed by atoms with E-state index in [1.807, 2.05) is 25.2 Å². The third-order valence-electron chi connectivity index (χ3n) is 2.25. The summed E-state index contributed by atoms with van der Waals surface area (Å²) >= 11 is 0. The minimum atomic E-state index is 0.318. The summed E-state index contributed by atoms with van der Waals surface area (Å²) in [5, 5.41) is 0. The molecule has 0 fully saturated rings. The van der Waals surface area contributed by atoms with Crippen LogP contribution in [0.2, 0.25) is 0 Å². The van der Waals surface area contributed by atoms with Crippen LogP contribution in [0, 0.1) is 0 Å². The number of benzene rings is 1. The largest absolute Gasteiger partial charge is 0.454 e. The molecule has 0 unspecified atom stereocenters. The fraction of sp³-hybridized carbons (Fsp3) is 0.400. The molecule has 1 aromatic rings. The van der Waals surface area contributed by atoms with E-state index in [2.05, 4.69) is 10.3 Å². The molecule has 1 aliphatic rings. The predicted octanol–water partition coefficient (Wildman–Crippen LogP) is 0.268. The van der Waals surface area contributed by atoms with Gasteiger partial charge in [0.1, 0.15) is 0 Å². The van der Waals surface area contributed by atoms with Gasteiger partial charge in [-0.15, -0.1) is 0 Å². The Labute approximate surface area is 88.7 Å². The molecule has 15 heavy (non-hydrogen) atoms. The third kappa shape index (κ3) is 2.38. The fourth-order valence-corrected chi connectivity index (χ4v) is 1.56. The third-order valence-corrected chi connectivity index (χ3v) is 2.25. The Morgan fingerprint density at radius 1 is 1.40 bits per heavy atom. The first-order valence-corrected chi connectivity index (χ1v) is 4.80. The highest BCUT2D eigenvalue weighted by atomic mass is 16.7. The first kappa shape index (κ1) is 10.2. The normalized spacial score (nSPS) is 13.5. The van der Waals surface area contributed by atoms with Crippen LogP contribution in [-0.2, 0) is 6.54 Å². The van der Waals surface area contributed by atoms with E-state index in [9.17, 15) is 0 Å². The molecule has 0 aromatic heterocycles. The molecule has 0 saturated carbocycles. The van der Waals surface area contributed by atoms with Crippen molar-refractivity contribution in [2.45, 2.75) is 6.54 Å². The number of hydrazine groups is 1. The van der Waals surface area contributed by atoms with Gasteiger partial charge in [0.2, 0.25) is 6.79 Å². The molecular formula is C10H15N3O2. The summed E-state index contributed by atoms with van der Waals surface area (Å²) in [6, 6.07) is 5.96. The van der Waals surface area contributed by atoms with Crippen molar-refractivity contribution in [2.75, 3.05) is 20.5 Å². The van der Waals surface area contributed by atoms with Crippen LogP contribution < -0.4 is 20.7 Å². The quantitative estimate of drug-likeness (QED) is 0.423. The number of nitrogens with one attached hydrogen (secondary N) is 1. The van der Waals surface area contributed by atoms with Crippen LogP contribution in [0.15, 0.2) is 18.2 Å². The summed E-state index contributed by atoms with van der Waals surface area (Å²) in [5.74, 6) is 6.88. The molecule has 1 aliphatic heterocycles. The minimum Gasteiger partial charge on any atom is -0.454 e. The standard InChI is InChI=1S/C10H15N3O2/c1-13(6-12-11)5-8-2-3-9-10(4-8)15-7-14-9/h2-4,12H,5-7,11H2,1H3. The predicted molar refractivity (Wildman–Crippen MR) is 56.2 cm³/mol. The number of nitrogens with two attached hydrogens (primary N) is 1. The van der Waals surface area contributed by atoms with E-state index in [0.29, 0.717) is 13.5 Å². The number of hydrogen-bond donors (Lipinski definition) is 2. The molecule has 5 nitrogen and oxygen atoms in total. The lowest BCUT2D eigenvalue weighted by molar-refractivity contribution is 0.174. The lowest BCUT2D eigenvalue weighted by Crippen LogP contribution is -2.34. The Morgan fingerprint density at radius 2 is 2.20 bits per heavy atom. The monoisotopic (exact) mass is 209 g/mol. The van der Waals surface area contributed by atoms with Gasteiger partial charge in [-0.05, 0) is 24.7 Å². The molecular weight excluding hydrogens is 194 g/mol. The zero-order chi connectivity index (χ0) is 10.7. The molecule has 1 heterocycles. The molecule has 0 atom stereocenters. The van der Waals surface area contributed by atoms with Gasteiger partial charge in [0, 0.05) is 6.54 Å². The number of ether oxygens (including phenoxy) is 2. The SMILES string of the molecule is CN(CNN)Cc1ccc2c(c1)OCO2. The van der Waals surface area contributed by atoms with Crippen molar-refractivity contribution in [1.29, 1.82) is 0 Å². The van der Waals surface area contributed by atoms with Crippen molar-refractivity contribution >= 4 is 0 Å². The molecule has 0 saturated heterocycles. The van der Waals surface area contributed by atoms with Crippen molar-refractivity contribution in [2.24, 2.45) is 5.84 Å². The molecule has 5 heteroatoms. The van der Waals surface area contributed by atoms with Crippen LogP contribution in [0.5, 0.6) is 11.5 Å². The summed E-state index contributed by atoms with van der Waals surface area (Å²) in [6.45, 7) is 1.79. The van der Waals surface area contributed by atoms with Gasteiger partial charge < -0.3 is 9.47 Å². The fourth-order valence-electron chi connectivity index (χ4n) is 1.56. The number of fused-ring (bicyclic) bond motifs is 1. The zero-order valence-corrected chi connectivity index (χ0v) is 8.69. The van der Waals surface area contributed by atoms with Crippen molar-refractivity contribution in [3.63, 3.8) is 0 Å². The summed E-state index contributed by atoms with van der Waals surface area (Å²) in [6.07, 6.45) is 0. The van der Waals surface area contributed by atoms with Crippen molar-refractivity contribution in [1.82, 2.24) is 10.3 Å². The zero-order valence-electron chi connectivity index (χ0n) is 8.69. The molecule has 0 spiro atoms. The van der Waals surface area contributed by atoms with Crippen LogP contribution in [0.1, 0.15) is 5.56 Å². The van der Waals surface area contributed by atoms with E-state index in [0.717, 1.165) is 18.0 Å². The highest BCUT2D eigenvalue weighted by molar-refractivity contribution is 5.44. The Hall–Kier alpha value is -1.30. The lowest BCUT2D eigenvalue weighted by atomic mass is 10.2. The van der Waals surface area contributed by atoms with Crippen LogP contribution in [0.25, 0.3) is 0 Å². The Bertz CT molecular complexity index is 343. The maximum atomic E-state index is 5.30. The van der Waals surface area contributed by atoms with Crippen molar-refractivity contribution < 1.29 is 9.47 Å². The first-order chi connectivity index (χ1) is 7.29. The summed E-state index contributed by atoms with van der Waals surface area (Å²) in [4.78, 5) is 2.07. The highest BCUT2D eigenvalue weighted by Crippen LogP contribution is 2.32. The average Bonchev–Trinajstić information content (AvgIpc) is 2.65. The van der Waals surface area contributed by atoms with Gasteiger partial charge in [-0.25, -0.2) is 5.43 Å². The maximum absolute atomic E-state index is 5.30. The lowest BCUT2D eigenvalue weighted by Gasteiger charge is -2.15. The second-order valence-corrected chi connectivity index (χ2v) is 3.56. The topological polar surface area (TPSA) is 59.8 Å². The molecule has 0 radical (unpaired) electrons. The van der Waals surface area contributed by atoms with Gasteiger partial charge in [-0.1, -0.05) is 6.07 Å². The van der Waals surface area contributed by atoms with E-state index in [4.69, 9.17) is 15.3 Å². The molecule has 1 aromatic carbocycles. The highest BCUT2D eigenvalue weighted by Gasteiger charge is 2.13. The smallest absolute Gasteiger partial charge is 0.231 e. The van der Waals surface area contributed by atoms with E-state index in [-0.39, 0.29) is 0 Å². The van der Waals surface area contributed by atoms with Crippen LogP contribution in [-0.4, -0.2) is 25.4 Å². The Balaban J connectivity index is 2.03. The van der Waals surface area contributed by atoms with Gasteiger partial charge >= 0.3 is 0 Å². The van der Waals surface area contributed by atoms with Gasteiger partial charge in [0.25, 0.3) is 0 Å². The second-order valence-electron chi connectivity index (χ2n) is 3.56.